The van der Waals surface area contributed by atoms with Gasteiger partial charge in [0.1, 0.15) is 11.9 Å². The fourth-order valence-electron chi connectivity index (χ4n) is 4.80. The van der Waals surface area contributed by atoms with E-state index in [2.05, 4.69) is 79.0 Å². The van der Waals surface area contributed by atoms with Gasteiger partial charge in [-0.3, -0.25) is 4.79 Å². The summed E-state index contributed by atoms with van der Waals surface area (Å²) in [4.78, 5) is 51.6. The Labute approximate surface area is 281 Å². The number of ether oxygens (including phenoxy) is 2. The van der Waals surface area contributed by atoms with E-state index < -0.39 is 35.4 Å². The van der Waals surface area contributed by atoms with Gasteiger partial charge in [-0.15, -0.1) is 11.3 Å². The number of nitrogens with zero attached hydrogens (tertiary/aromatic N) is 1. The lowest BCUT2D eigenvalue weighted by Crippen LogP contribution is -2.61. The number of carbonyl (C=O) groups is 4. The number of fused-ring (bicyclic) bond motifs is 1. The highest BCUT2D eigenvalue weighted by atomic mass is 32.1. The number of carbonyl (C=O) groups excluding carboxylic acids is 2. The first-order valence-electron chi connectivity index (χ1n) is 14.9. The molecule has 5 rings (SSSR count). The van der Waals surface area contributed by atoms with E-state index in [0.29, 0.717) is 0 Å². The molecule has 5 aromatic rings. The fourth-order valence-corrected chi connectivity index (χ4v) is 5.59. The van der Waals surface area contributed by atoms with E-state index in [1.807, 2.05) is 0 Å². The lowest BCUT2D eigenvalue weighted by atomic mass is 9.87. The molecule has 3 N–H and O–H groups in total. The Kier molecular flexibility index (Phi) is 12.2. The number of aliphatic hydroxyl groups is 1. The Balaban J connectivity index is 0.000000219. The third-order valence-electron chi connectivity index (χ3n) is 7.29. The second kappa shape index (κ2) is 16.5. The second-order valence-corrected chi connectivity index (χ2v) is 11.9. The van der Waals surface area contributed by atoms with Crippen LogP contribution in [-0.4, -0.2) is 76.3 Å². The summed E-state index contributed by atoms with van der Waals surface area (Å²) in [6, 6.07) is 32.8. The number of Topliss-reactive ketones (excluding diaryl/α,β-unsaturated/α-hetero) is 1. The largest absolute Gasteiger partial charge is 0.484 e. The number of carboxylic acids is 2. The van der Waals surface area contributed by atoms with Crippen LogP contribution in [0.25, 0.3) is 10.8 Å². The van der Waals surface area contributed by atoms with Crippen molar-refractivity contribution in [1.82, 2.24) is 4.90 Å². The second-order valence-electron chi connectivity index (χ2n) is 10.9. The minimum Gasteiger partial charge on any atom is -0.484 e. The van der Waals surface area contributed by atoms with E-state index in [9.17, 15) is 29.4 Å². The average Bonchev–Trinajstić information content (AvgIpc) is 3.64. The number of hydrogen-bond acceptors (Lipinski definition) is 9. The van der Waals surface area contributed by atoms with E-state index >= 15 is 0 Å². The van der Waals surface area contributed by atoms with Crippen LogP contribution < -0.4 is 4.74 Å². The molecule has 11 heteroatoms. The highest BCUT2D eigenvalue weighted by molar-refractivity contribution is 7.10. The molecule has 0 saturated carbocycles. The van der Waals surface area contributed by atoms with E-state index in [1.165, 1.54) is 64.2 Å². The van der Waals surface area contributed by atoms with Crippen LogP contribution in [0.2, 0.25) is 0 Å². The molecule has 0 aliphatic rings. The molecule has 0 saturated heterocycles. The van der Waals surface area contributed by atoms with Crippen molar-refractivity contribution in [2.45, 2.75) is 24.2 Å². The van der Waals surface area contributed by atoms with Crippen LogP contribution in [0.1, 0.15) is 38.1 Å². The molecule has 48 heavy (non-hydrogen) atoms. The summed E-state index contributed by atoms with van der Waals surface area (Å²) in [5, 5.41) is 33.1. The lowest BCUT2D eigenvalue weighted by molar-refractivity contribution is -0.176. The van der Waals surface area contributed by atoms with Crippen LogP contribution in [0.15, 0.2) is 121 Å². The molecule has 1 aromatic heterocycles. The third kappa shape index (κ3) is 8.51. The van der Waals surface area contributed by atoms with Crippen molar-refractivity contribution in [1.29, 1.82) is 0 Å². The van der Waals surface area contributed by atoms with Crippen LogP contribution in [0.4, 0.5) is 0 Å². The Morgan fingerprint density at radius 1 is 0.771 bits per heavy atom. The van der Waals surface area contributed by atoms with Crippen molar-refractivity contribution in [3.63, 3.8) is 0 Å². The van der Waals surface area contributed by atoms with Crippen molar-refractivity contribution in [2.24, 2.45) is 0 Å². The predicted molar refractivity (Wildman–Crippen MR) is 181 cm³/mol. The van der Waals surface area contributed by atoms with Gasteiger partial charge < -0.3 is 29.7 Å². The maximum absolute atomic E-state index is 12.7. The number of esters is 1. The SMILES string of the molecule is CN(C)CC[C@H](Oc1cccc2ccccc12)c1cccs1.O=C(O[C@](C(=O)O)(C(=O)c1ccccc1)[C@@H](O)C(=O)O)c1ccccc1. The standard InChI is InChI=1S/C19H21NOS.C18H14O8/c1-20(2)13-12-18(19-11-6-14-22-19)21-17-10-5-8-15-7-3-4-9-16(15)17;19-13(11-7-3-1-4-8-11)18(17(24)25,14(20)15(21)22)26-16(23)12-9-5-2-6-10-12/h3-11,14,18H,12-13H2,1-2H3;1-10,14,20H,(H,21,22)(H,24,25)/t18-;14-,18+/m00/s1. The Morgan fingerprint density at radius 2 is 1.38 bits per heavy atom. The number of aliphatic carboxylic acids is 2. The molecule has 0 aliphatic heterocycles. The summed E-state index contributed by atoms with van der Waals surface area (Å²) in [6.45, 7) is 1.01. The molecule has 0 amide bonds. The van der Waals surface area contributed by atoms with Crippen LogP contribution in [0, 0.1) is 0 Å². The minimum atomic E-state index is -3.35. The third-order valence-corrected chi connectivity index (χ3v) is 8.26. The predicted octanol–water partition coefficient (Wildman–Crippen LogP) is 5.97. The van der Waals surface area contributed by atoms with Crippen LogP contribution >= 0.6 is 11.3 Å². The number of carboxylic acid groups (broad SMARTS) is 2. The fraction of sp³-hybridized carbons (Fsp3) is 0.189. The summed E-state index contributed by atoms with van der Waals surface area (Å²) < 4.78 is 11.2. The molecule has 0 radical (unpaired) electrons. The highest BCUT2D eigenvalue weighted by Crippen LogP contribution is 2.33. The molecule has 4 aromatic carbocycles. The Hall–Kier alpha value is -5.36. The van der Waals surface area contributed by atoms with Crippen LogP contribution in [0.5, 0.6) is 5.75 Å². The van der Waals surface area contributed by atoms with E-state index in [1.54, 1.807) is 23.5 Å². The van der Waals surface area contributed by atoms with Gasteiger partial charge in [0.25, 0.3) is 0 Å². The van der Waals surface area contributed by atoms with E-state index in [0.717, 1.165) is 18.7 Å². The number of aliphatic hydroxyl groups excluding tert-OH is 1. The molecule has 3 atom stereocenters. The quantitative estimate of drug-likeness (QED) is 0.0778. The van der Waals surface area contributed by atoms with Crippen molar-refractivity contribution in [2.75, 3.05) is 20.6 Å². The molecular weight excluding hydrogens is 634 g/mol. The maximum atomic E-state index is 12.7. The summed E-state index contributed by atoms with van der Waals surface area (Å²) in [5.74, 6) is -5.80. The van der Waals surface area contributed by atoms with Gasteiger partial charge in [-0.25, -0.2) is 14.4 Å². The monoisotopic (exact) mass is 669 g/mol. The lowest BCUT2D eigenvalue weighted by Gasteiger charge is -2.30. The van der Waals surface area contributed by atoms with Crippen molar-refractivity contribution >= 4 is 45.8 Å². The van der Waals surface area contributed by atoms with Gasteiger partial charge in [0.15, 0.2) is 0 Å². The number of benzene rings is 4. The number of rotatable bonds is 13. The normalized spacial score (nSPS) is 13.3. The maximum Gasteiger partial charge on any atom is 0.360 e. The van der Waals surface area contributed by atoms with Crippen molar-refractivity contribution < 1.29 is 44.0 Å². The summed E-state index contributed by atoms with van der Waals surface area (Å²) >= 11 is 1.76. The zero-order valence-corrected chi connectivity index (χ0v) is 27.1. The molecule has 0 spiro atoms. The van der Waals surface area contributed by atoms with Gasteiger partial charge in [0, 0.05) is 28.8 Å². The molecule has 0 aliphatic carbocycles. The van der Waals surface area contributed by atoms with Crippen molar-refractivity contribution in [3.8, 4) is 5.75 Å². The van der Waals surface area contributed by atoms with Gasteiger partial charge in [0.2, 0.25) is 11.9 Å². The smallest absolute Gasteiger partial charge is 0.360 e. The number of thiophene rings is 1. The van der Waals surface area contributed by atoms with Gasteiger partial charge in [-0.05, 0) is 49.1 Å². The van der Waals surface area contributed by atoms with E-state index in [4.69, 9.17) is 14.6 Å². The Bertz CT molecular complexity index is 1820. The molecule has 0 bridgehead atoms. The van der Waals surface area contributed by atoms with Crippen molar-refractivity contribution in [3.05, 3.63) is 137 Å². The highest BCUT2D eigenvalue weighted by Gasteiger charge is 2.59. The zero-order chi connectivity index (χ0) is 34.7. The number of hydrogen-bond donors (Lipinski definition) is 3. The number of ketones is 1. The minimum absolute atomic E-state index is 0.105. The molecule has 1 heterocycles. The summed E-state index contributed by atoms with van der Waals surface area (Å²) in [7, 11) is 4.20. The van der Waals surface area contributed by atoms with E-state index in [-0.39, 0.29) is 17.2 Å². The van der Waals surface area contributed by atoms with Crippen LogP contribution in [-0.2, 0) is 14.3 Å². The van der Waals surface area contributed by atoms with Gasteiger partial charge in [0.05, 0.1) is 5.56 Å². The molecule has 0 fully saturated rings. The molecule has 10 nitrogen and oxygen atoms in total. The van der Waals surface area contributed by atoms with Gasteiger partial charge in [-0.1, -0.05) is 91.0 Å². The first-order chi connectivity index (χ1) is 23.0. The zero-order valence-electron chi connectivity index (χ0n) is 26.3. The van der Waals surface area contributed by atoms with Gasteiger partial charge >= 0.3 is 23.5 Å². The van der Waals surface area contributed by atoms with Gasteiger partial charge in [-0.2, -0.15) is 0 Å². The molecule has 0 unspecified atom stereocenters. The first kappa shape index (κ1) is 35.5. The first-order valence-corrected chi connectivity index (χ1v) is 15.8. The molecular formula is C37H35NO9S. The topological polar surface area (TPSA) is 151 Å². The average molecular weight is 670 g/mol. The molecule has 248 valence electrons. The summed E-state index contributed by atoms with van der Waals surface area (Å²) in [5.41, 5.74) is -3.70. The summed E-state index contributed by atoms with van der Waals surface area (Å²) in [6.07, 6.45) is -1.73. The van der Waals surface area contributed by atoms with Crippen LogP contribution in [0.3, 0.4) is 0 Å². The Morgan fingerprint density at radius 3 is 1.96 bits per heavy atom.